The Bertz CT molecular complexity index is 699. The number of hydrogen-bond acceptors (Lipinski definition) is 3. The highest BCUT2D eigenvalue weighted by molar-refractivity contribution is 5.76. The van der Waals surface area contributed by atoms with Crippen molar-refractivity contribution in [2.75, 3.05) is 6.61 Å². The van der Waals surface area contributed by atoms with Crippen molar-refractivity contribution in [3.05, 3.63) is 44.0 Å². The molecule has 0 fully saturated rings. The third-order valence-electron chi connectivity index (χ3n) is 3.13. The van der Waals surface area contributed by atoms with E-state index in [4.69, 9.17) is 5.11 Å². The quantitative estimate of drug-likeness (QED) is 0.839. The van der Waals surface area contributed by atoms with Gasteiger partial charge in [0.2, 0.25) is 0 Å². The fourth-order valence-electron chi connectivity index (χ4n) is 1.98. The average Bonchev–Trinajstić information content (AvgIpc) is 2.44. The maximum Gasteiger partial charge on any atom is 0.316 e. The number of aromatic nitrogens is 2. The highest BCUT2D eigenvalue weighted by Gasteiger charge is 2.08. The predicted molar refractivity (Wildman–Crippen MR) is 81.4 cm³/mol. The van der Waals surface area contributed by atoms with E-state index in [0.717, 1.165) is 11.1 Å². The van der Waals surface area contributed by atoms with E-state index in [2.05, 4.69) is 4.98 Å². The zero-order valence-electron chi connectivity index (χ0n) is 12.5. The van der Waals surface area contributed by atoms with Crippen molar-refractivity contribution in [3.63, 3.8) is 0 Å². The van der Waals surface area contributed by atoms with Gasteiger partial charge in [0.15, 0.2) is 0 Å². The molecule has 0 bridgehead atoms. The largest absolute Gasteiger partial charge is 0.396 e. The molecule has 1 heterocycles. The summed E-state index contributed by atoms with van der Waals surface area (Å²) in [6, 6.07) is 3.75. The Labute approximate surface area is 117 Å². The van der Waals surface area contributed by atoms with E-state index in [9.17, 15) is 9.59 Å². The molecule has 0 aliphatic carbocycles. The molecule has 5 heteroatoms. The molecule has 1 aromatic heterocycles. The highest BCUT2D eigenvalue weighted by atomic mass is 16.3. The summed E-state index contributed by atoms with van der Waals surface area (Å²) in [5.74, 6) is 0. The van der Waals surface area contributed by atoms with Crippen molar-refractivity contribution in [1.29, 1.82) is 0 Å². The van der Waals surface area contributed by atoms with Crippen LogP contribution in [0.1, 0.15) is 31.4 Å². The van der Waals surface area contributed by atoms with Crippen LogP contribution in [0.25, 0.3) is 11.0 Å². The molecule has 2 N–H and O–H groups in total. The molecular formula is C15H22N2O3. The van der Waals surface area contributed by atoms with E-state index in [0.29, 0.717) is 24.0 Å². The smallest absolute Gasteiger partial charge is 0.316 e. The van der Waals surface area contributed by atoms with Crippen molar-refractivity contribution in [2.24, 2.45) is 0 Å². The minimum Gasteiger partial charge on any atom is -0.396 e. The van der Waals surface area contributed by atoms with Crippen LogP contribution in [0.3, 0.4) is 0 Å². The lowest BCUT2D eigenvalue weighted by Gasteiger charge is -2.10. The summed E-state index contributed by atoms with van der Waals surface area (Å²) in [7, 11) is 0. The van der Waals surface area contributed by atoms with Crippen molar-refractivity contribution in [1.82, 2.24) is 9.55 Å². The Morgan fingerprint density at radius 2 is 1.75 bits per heavy atom. The van der Waals surface area contributed by atoms with Gasteiger partial charge in [0, 0.05) is 13.2 Å². The van der Waals surface area contributed by atoms with Gasteiger partial charge in [-0.15, -0.1) is 0 Å². The van der Waals surface area contributed by atoms with E-state index in [1.807, 2.05) is 39.8 Å². The molecule has 0 saturated carbocycles. The molecule has 0 saturated heterocycles. The first kappa shape index (κ1) is 16.2. The van der Waals surface area contributed by atoms with Gasteiger partial charge in [-0.3, -0.25) is 9.59 Å². The van der Waals surface area contributed by atoms with Crippen LogP contribution in [-0.4, -0.2) is 21.3 Å². The third kappa shape index (κ3) is 3.17. The van der Waals surface area contributed by atoms with Crippen LogP contribution < -0.4 is 11.1 Å². The summed E-state index contributed by atoms with van der Waals surface area (Å²) in [6.07, 6.45) is 0.450. The van der Waals surface area contributed by atoms with Gasteiger partial charge >= 0.3 is 11.1 Å². The molecule has 110 valence electrons. The van der Waals surface area contributed by atoms with Gasteiger partial charge in [0.1, 0.15) is 0 Å². The number of nitrogens with zero attached hydrogens (tertiary/aromatic N) is 1. The maximum atomic E-state index is 11.8. The van der Waals surface area contributed by atoms with Crippen LogP contribution >= 0.6 is 0 Å². The lowest BCUT2D eigenvalue weighted by Crippen LogP contribution is -2.36. The number of benzene rings is 1. The number of nitrogens with one attached hydrogen (secondary N) is 1. The summed E-state index contributed by atoms with van der Waals surface area (Å²) < 4.78 is 1.43. The van der Waals surface area contributed by atoms with Gasteiger partial charge in [-0.2, -0.15) is 0 Å². The second-order valence-electron chi connectivity index (χ2n) is 4.44. The molecule has 2 aromatic rings. The van der Waals surface area contributed by atoms with Crippen LogP contribution in [-0.2, 0) is 6.54 Å². The lowest BCUT2D eigenvalue weighted by molar-refractivity contribution is 0.280. The molecule has 0 unspecified atom stereocenters. The second-order valence-corrected chi connectivity index (χ2v) is 4.44. The molecule has 0 radical (unpaired) electrons. The predicted octanol–water partition coefficient (Wildman–Crippen LogP) is 1.72. The number of aromatic amines is 1. The van der Waals surface area contributed by atoms with E-state index in [-0.39, 0.29) is 6.61 Å². The van der Waals surface area contributed by atoms with Crippen molar-refractivity contribution < 1.29 is 5.11 Å². The third-order valence-corrected chi connectivity index (χ3v) is 3.13. The fourth-order valence-corrected chi connectivity index (χ4v) is 1.98. The summed E-state index contributed by atoms with van der Waals surface area (Å²) in [6.45, 7) is 8.25. The molecule has 20 heavy (non-hydrogen) atoms. The molecule has 1 aromatic carbocycles. The van der Waals surface area contributed by atoms with Crippen LogP contribution in [0, 0.1) is 13.8 Å². The van der Waals surface area contributed by atoms with Gasteiger partial charge in [0.25, 0.3) is 0 Å². The number of aryl methyl sites for hydroxylation is 3. The molecule has 0 atom stereocenters. The number of H-pyrrole nitrogens is 1. The molecular weight excluding hydrogens is 256 g/mol. The standard InChI is InChI=1S/C13H16N2O3.C2H6/c1-8-6-10-11(7-9(8)2)15(4-3-5-16)13(18)12(17)14-10;1-2/h6-7,16H,3-5H2,1-2H3,(H,14,17);1-2H3. The number of aliphatic hydroxyl groups excluding tert-OH is 1. The molecule has 0 aliphatic heterocycles. The topological polar surface area (TPSA) is 75.1 Å². The summed E-state index contributed by atoms with van der Waals surface area (Å²) in [5, 5.41) is 8.86. The Morgan fingerprint density at radius 1 is 1.15 bits per heavy atom. The number of fused-ring (bicyclic) bond motifs is 1. The normalized spacial score (nSPS) is 10.2. The van der Waals surface area contributed by atoms with Crippen LogP contribution in [0.15, 0.2) is 21.7 Å². The van der Waals surface area contributed by atoms with E-state index >= 15 is 0 Å². The molecule has 0 aliphatic rings. The monoisotopic (exact) mass is 278 g/mol. The number of rotatable bonds is 3. The van der Waals surface area contributed by atoms with Crippen molar-refractivity contribution in [3.8, 4) is 0 Å². The van der Waals surface area contributed by atoms with Gasteiger partial charge < -0.3 is 14.7 Å². The fraction of sp³-hybridized carbons (Fsp3) is 0.467. The summed E-state index contributed by atoms with van der Waals surface area (Å²) in [4.78, 5) is 26.0. The Morgan fingerprint density at radius 3 is 2.35 bits per heavy atom. The molecule has 5 nitrogen and oxygen atoms in total. The summed E-state index contributed by atoms with van der Waals surface area (Å²) >= 11 is 0. The zero-order chi connectivity index (χ0) is 15.3. The van der Waals surface area contributed by atoms with E-state index in [1.54, 1.807) is 0 Å². The zero-order valence-corrected chi connectivity index (χ0v) is 12.5. The second kappa shape index (κ2) is 7.05. The Hall–Kier alpha value is -1.88. The molecule has 0 spiro atoms. The maximum absolute atomic E-state index is 11.8. The van der Waals surface area contributed by atoms with E-state index < -0.39 is 11.1 Å². The Balaban J connectivity index is 0.000000956. The molecule has 0 amide bonds. The highest BCUT2D eigenvalue weighted by Crippen LogP contribution is 2.15. The minimum atomic E-state index is -0.622. The van der Waals surface area contributed by atoms with Crippen LogP contribution in [0.5, 0.6) is 0 Å². The van der Waals surface area contributed by atoms with Crippen LogP contribution in [0.4, 0.5) is 0 Å². The number of aliphatic hydroxyl groups is 1. The van der Waals surface area contributed by atoms with Gasteiger partial charge in [-0.1, -0.05) is 13.8 Å². The minimum absolute atomic E-state index is 0.00836. The summed E-state index contributed by atoms with van der Waals surface area (Å²) in [5.41, 5.74) is 2.29. The Kier molecular flexibility index (Phi) is 5.70. The van der Waals surface area contributed by atoms with Crippen LogP contribution in [0.2, 0.25) is 0 Å². The average molecular weight is 278 g/mol. The first-order valence-corrected chi connectivity index (χ1v) is 6.89. The lowest BCUT2D eigenvalue weighted by atomic mass is 10.1. The van der Waals surface area contributed by atoms with Gasteiger partial charge in [0.05, 0.1) is 11.0 Å². The SMILES string of the molecule is CC.Cc1cc2[nH]c(=O)c(=O)n(CCCO)c2cc1C. The van der Waals surface area contributed by atoms with Gasteiger partial charge in [-0.25, -0.2) is 0 Å². The van der Waals surface area contributed by atoms with Gasteiger partial charge in [-0.05, 0) is 43.5 Å². The van der Waals surface area contributed by atoms with Crippen molar-refractivity contribution in [2.45, 2.75) is 40.7 Å². The van der Waals surface area contributed by atoms with Crippen molar-refractivity contribution >= 4 is 11.0 Å². The first-order valence-electron chi connectivity index (χ1n) is 6.89. The van der Waals surface area contributed by atoms with E-state index in [1.165, 1.54) is 4.57 Å². The first-order chi connectivity index (χ1) is 9.54. The number of hydrogen-bond donors (Lipinski definition) is 2. The molecule has 2 rings (SSSR count).